The molecule has 5 heteroatoms. The van der Waals surface area contributed by atoms with Gasteiger partial charge in [-0.15, -0.1) is 0 Å². The van der Waals surface area contributed by atoms with Crippen molar-refractivity contribution in [1.29, 1.82) is 0 Å². The van der Waals surface area contributed by atoms with Gasteiger partial charge in [0, 0.05) is 19.4 Å². The second-order valence-corrected chi connectivity index (χ2v) is 6.02. The van der Waals surface area contributed by atoms with Gasteiger partial charge in [-0.3, -0.25) is 0 Å². The summed E-state index contributed by atoms with van der Waals surface area (Å²) < 4.78 is -0.109. The Labute approximate surface area is 116 Å². The molecule has 1 heterocycles. The summed E-state index contributed by atoms with van der Waals surface area (Å²) in [5.74, 6) is 0.241. The van der Waals surface area contributed by atoms with Crippen LogP contribution in [0.1, 0.15) is 47.0 Å². The summed E-state index contributed by atoms with van der Waals surface area (Å²) in [5, 5.41) is 2.91. The lowest BCUT2D eigenvalue weighted by Gasteiger charge is -2.34. The van der Waals surface area contributed by atoms with Crippen molar-refractivity contribution in [2.45, 2.75) is 59.0 Å². The van der Waals surface area contributed by atoms with Crippen molar-refractivity contribution in [1.82, 2.24) is 5.32 Å². The molecule has 1 unspecified atom stereocenters. The van der Waals surface area contributed by atoms with Crippen molar-refractivity contribution < 1.29 is 14.1 Å². The average molecular weight is 270 g/mol. The molecule has 0 radical (unpaired) electrons. The summed E-state index contributed by atoms with van der Waals surface area (Å²) in [5.41, 5.74) is 5.89. The van der Waals surface area contributed by atoms with Crippen LogP contribution in [0.5, 0.6) is 0 Å². The first-order valence-electron chi connectivity index (χ1n) is 7.32. The first-order valence-corrected chi connectivity index (χ1v) is 7.32. The standard InChI is InChI=1S/C14H27N3O2/c1-5-12(15)13(18)17(8-6-7-11(17)4)14(19)16-9-10(2)3/h10-12H,5-9,15H2,1-4H3/p+1/t11-,12+,17?/m1/s1. The Morgan fingerprint density at radius 3 is 2.47 bits per heavy atom. The number of nitrogens with two attached hydrogens (primary N) is 1. The van der Waals surface area contributed by atoms with Gasteiger partial charge in [-0.2, -0.15) is 4.48 Å². The van der Waals surface area contributed by atoms with Gasteiger partial charge in [-0.1, -0.05) is 20.8 Å². The summed E-state index contributed by atoms with van der Waals surface area (Å²) in [6.07, 6.45) is 2.37. The van der Waals surface area contributed by atoms with E-state index in [0.717, 1.165) is 12.8 Å². The molecule has 1 saturated heterocycles. The minimum atomic E-state index is -0.551. The van der Waals surface area contributed by atoms with Crippen LogP contribution >= 0.6 is 0 Å². The summed E-state index contributed by atoms with van der Waals surface area (Å²) >= 11 is 0. The van der Waals surface area contributed by atoms with Gasteiger partial charge in [0.25, 0.3) is 0 Å². The van der Waals surface area contributed by atoms with Crippen LogP contribution in [0.15, 0.2) is 0 Å². The van der Waals surface area contributed by atoms with Crippen LogP contribution in [0.25, 0.3) is 0 Å². The molecule has 3 N–H and O–H groups in total. The molecule has 3 atom stereocenters. The maximum Gasteiger partial charge on any atom is 0.424 e. The minimum absolute atomic E-state index is 0.0252. The highest BCUT2D eigenvalue weighted by molar-refractivity contribution is 5.87. The number of rotatable bonds is 4. The number of nitrogens with zero attached hydrogens (tertiary/aromatic N) is 1. The van der Waals surface area contributed by atoms with Crippen molar-refractivity contribution in [3.63, 3.8) is 0 Å². The fourth-order valence-corrected chi connectivity index (χ4v) is 2.71. The highest BCUT2D eigenvalue weighted by Gasteiger charge is 2.53. The summed E-state index contributed by atoms with van der Waals surface area (Å²) in [7, 11) is 0. The Hall–Kier alpha value is -0.940. The zero-order valence-corrected chi connectivity index (χ0v) is 12.6. The van der Waals surface area contributed by atoms with E-state index in [0.29, 0.717) is 25.4 Å². The van der Waals surface area contributed by atoms with Gasteiger partial charge in [0.05, 0.1) is 6.54 Å². The van der Waals surface area contributed by atoms with Gasteiger partial charge in [0.2, 0.25) is 0 Å². The van der Waals surface area contributed by atoms with Gasteiger partial charge in [-0.05, 0) is 19.3 Å². The lowest BCUT2D eigenvalue weighted by Crippen LogP contribution is -2.66. The van der Waals surface area contributed by atoms with E-state index >= 15 is 0 Å². The molecule has 1 aliphatic rings. The number of amides is 3. The second kappa shape index (κ2) is 6.48. The fraction of sp³-hybridized carbons (Fsp3) is 0.857. The van der Waals surface area contributed by atoms with E-state index in [1.807, 2.05) is 27.7 Å². The third-order valence-electron chi connectivity index (χ3n) is 4.06. The average Bonchev–Trinajstić information content (AvgIpc) is 2.76. The van der Waals surface area contributed by atoms with E-state index in [-0.39, 0.29) is 22.5 Å². The van der Waals surface area contributed by atoms with Gasteiger partial charge >= 0.3 is 11.9 Å². The molecule has 0 aromatic heterocycles. The molecule has 0 aromatic rings. The maximum atomic E-state index is 12.6. The van der Waals surface area contributed by atoms with Crippen LogP contribution in [0.2, 0.25) is 0 Å². The molecule has 1 aliphatic heterocycles. The molecule has 19 heavy (non-hydrogen) atoms. The van der Waals surface area contributed by atoms with Crippen molar-refractivity contribution >= 4 is 11.9 Å². The third-order valence-corrected chi connectivity index (χ3v) is 4.06. The number of hydrogen-bond acceptors (Lipinski definition) is 3. The first-order chi connectivity index (χ1) is 8.86. The number of urea groups is 1. The molecular formula is C14H28N3O2+. The largest absolute Gasteiger partial charge is 0.424 e. The van der Waals surface area contributed by atoms with Crippen molar-refractivity contribution in [3.05, 3.63) is 0 Å². The van der Waals surface area contributed by atoms with Gasteiger partial charge < -0.3 is 11.1 Å². The van der Waals surface area contributed by atoms with Crippen LogP contribution in [0.4, 0.5) is 4.79 Å². The number of nitrogens with one attached hydrogen (secondary N) is 1. The molecule has 110 valence electrons. The van der Waals surface area contributed by atoms with E-state index in [1.165, 1.54) is 0 Å². The monoisotopic (exact) mass is 270 g/mol. The van der Waals surface area contributed by atoms with Crippen LogP contribution in [0, 0.1) is 5.92 Å². The van der Waals surface area contributed by atoms with Crippen LogP contribution in [-0.2, 0) is 4.79 Å². The Bertz CT molecular complexity index is 344. The Balaban J connectivity index is 2.94. The number of carbonyl (C=O) groups is 2. The van der Waals surface area contributed by atoms with Crippen molar-refractivity contribution in [2.24, 2.45) is 11.7 Å². The molecule has 5 nitrogen and oxygen atoms in total. The normalized spacial score (nSPS) is 28.4. The lowest BCUT2D eigenvalue weighted by molar-refractivity contribution is -0.785. The molecule has 0 bridgehead atoms. The number of imide groups is 1. The number of hydrogen-bond donors (Lipinski definition) is 2. The van der Waals surface area contributed by atoms with Gasteiger partial charge in [0.1, 0.15) is 12.1 Å². The van der Waals surface area contributed by atoms with Gasteiger partial charge in [0.15, 0.2) is 0 Å². The molecule has 0 aromatic carbocycles. The molecule has 1 fully saturated rings. The summed E-state index contributed by atoms with van der Waals surface area (Å²) in [6.45, 7) is 9.11. The first kappa shape index (κ1) is 16.1. The Morgan fingerprint density at radius 2 is 2.05 bits per heavy atom. The Morgan fingerprint density at radius 1 is 1.42 bits per heavy atom. The molecule has 0 spiro atoms. The van der Waals surface area contributed by atoms with Crippen molar-refractivity contribution in [2.75, 3.05) is 13.1 Å². The molecular weight excluding hydrogens is 242 g/mol. The van der Waals surface area contributed by atoms with E-state index < -0.39 is 6.04 Å². The van der Waals surface area contributed by atoms with Crippen LogP contribution < -0.4 is 11.1 Å². The minimum Gasteiger partial charge on any atom is -0.316 e. The van der Waals surface area contributed by atoms with E-state index in [1.54, 1.807) is 0 Å². The van der Waals surface area contributed by atoms with Crippen LogP contribution in [-0.4, -0.2) is 41.6 Å². The third kappa shape index (κ3) is 3.15. The maximum absolute atomic E-state index is 12.6. The predicted molar refractivity (Wildman–Crippen MR) is 75.3 cm³/mol. The van der Waals surface area contributed by atoms with Gasteiger partial charge in [-0.25, -0.2) is 9.59 Å². The predicted octanol–water partition coefficient (Wildman–Crippen LogP) is 1.61. The SMILES string of the molecule is CC[C@H](N)C(=O)[N+]1(C(=O)NCC(C)C)CCC[C@H]1C. The highest BCUT2D eigenvalue weighted by atomic mass is 16.2. The summed E-state index contributed by atoms with van der Waals surface area (Å²) in [4.78, 5) is 25.1. The molecule has 0 aliphatic carbocycles. The number of quaternary nitrogens is 1. The van der Waals surface area contributed by atoms with E-state index in [4.69, 9.17) is 5.73 Å². The van der Waals surface area contributed by atoms with Crippen LogP contribution in [0.3, 0.4) is 0 Å². The Kier molecular flexibility index (Phi) is 5.50. The number of likely N-dealkylation sites (tertiary alicyclic amines) is 1. The molecule has 0 saturated carbocycles. The fourth-order valence-electron chi connectivity index (χ4n) is 2.71. The van der Waals surface area contributed by atoms with E-state index in [2.05, 4.69) is 5.32 Å². The highest BCUT2D eigenvalue weighted by Crippen LogP contribution is 2.29. The molecule has 1 rings (SSSR count). The lowest BCUT2D eigenvalue weighted by atomic mass is 10.1. The second-order valence-electron chi connectivity index (χ2n) is 6.02. The zero-order chi connectivity index (χ0) is 14.6. The summed E-state index contributed by atoms with van der Waals surface area (Å²) in [6, 6.07) is -0.699. The smallest absolute Gasteiger partial charge is 0.316 e. The van der Waals surface area contributed by atoms with E-state index in [9.17, 15) is 9.59 Å². The topological polar surface area (TPSA) is 72.2 Å². The quantitative estimate of drug-likeness (QED) is 0.762. The van der Waals surface area contributed by atoms with Crippen molar-refractivity contribution in [3.8, 4) is 0 Å². The molecule has 3 amide bonds. The zero-order valence-electron chi connectivity index (χ0n) is 12.6. The number of carbonyl (C=O) groups excluding carboxylic acids is 2.